The minimum absolute atomic E-state index is 0.397. The highest BCUT2D eigenvalue weighted by atomic mass is 32.2. The number of rotatable bonds is 1. The summed E-state index contributed by atoms with van der Waals surface area (Å²) < 4.78 is 31.4. The molecule has 0 unspecified atom stereocenters. The lowest BCUT2D eigenvalue weighted by Crippen LogP contribution is -1.98. The van der Waals surface area contributed by atoms with Crippen LogP contribution >= 0.6 is 0 Å². The zero-order chi connectivity index (χ0) is 13.6. The van der Waals surface area contributed by atoms with Crippen LogP contribution in [0.3, 0.4) is 0 Å². The molecule has 19 heavy (non-hydrogen) atoms. The number of hydrogen-bond acceptors (Lipinski definition) is 3. The Kier molecular flexibility index (Phi) is 2.48. The monoisotopic (exact) mass is 274 g/mol. The first kappa shape index (κ1) is 12.0. The molecule has 3 aromatic rings. The van der Waals surface area contributed by atoms with E-state index in [4.69, 9.17) is 4.55 Å². The normalized spacial score (nSPS) is 12.1. The molecule has 3 aromatic carbocycles. The van der Waals surface area contributed by atoms with Crippen molar-refractivity contribution in [1.82, 2.24) is 0 Å². The number of benzene rings is 3. The van der Waals surface area contributed by atoms with Crippen LogP contribution in [0.5, 0.6) is 5.75 Å². The van der Waals surface area contributed by atoms with Crippen molar-refractivity contribution >= 4 is 31.7 Å². The Morgan fingerprint density at radius 2 is 1.47 bits per heavy atom. The molecular weight excluding hydrogens is 264 g/mol. The van der Waals surface area contributed by atoms with Gasteiger partial charge in [0.25, 0.3) is 10.1 Å². The zero-order valence-corrected chi connectivity index (χ0v) is 10.6. The molecule has 96 valence electrons. The van der Waals surface area contributed by atoms with E-state index in [1.807, 2.05) is 30.3 Å². The van der Waals surface area contributed by atoms with Gasteiger partial charge in [0.05, 0.1) is 0 Å². The Hall–Kier alpha value is -2.11. The van der Waals surface area contributed by atoms with Gasteiger partial charge in [-0.3, -0.25) is 4.55 Å². The average Bonchev–Trinajstić information content (AvgIpc) is 2.36. The van der Waals surface area contributed by atoms with Crippen LogP contribution in [0.1, 0.15) is 0 Å². The van der Waals surface area contributed by atoms with Gasteiger partial charge in [-0.05, 0) is 34.4 Å². The lowest BCUT2D eigenvalue weighted by molar-refractivity contribution is 0.448. The maximum atomic E-state index is 11.2. The maximum Gasteiger partial charge on any atom is 0.298 e. The number of phenols is 1. The number of aromatic hydroxyl groups is 1. The second-order valence-corrected chi connectivity index (χ2v) is 5.70. The highest BCUT2D eigenvalue weighted by Crippen LogP contribution is 2.34. The van der Waals surface area contributed by atoms with Gasteiger partial charge in [-0.2, -0.15) is 8.42 Å². The van der Waals surface area contributed by atoms with Crippen LogP contribution in [0, 0.1) is 0 Å². The average molecular weight is 274 g/mol. The van der Waals surface area contributed by atoms with Crippen LogP contribution in [0.2, 0.25) is 0 Å². The van der Waals surface area contributed by atoms with Crippen molar-refractivity contribution in [2.75, 3.05) is 0 Å². The van der Waals surface area contributed by atoms with Crippen LogP contribution in [0.25, 0.3) is 21.5 Å². The van der Waals surface area contributed by atoms with Crippen molar-refractivity contribution in [3.63, 3.8) is 0 Å². The van der Waals surface area contributed by atoms with E-state index in [0.29, 0.717) is 10.8 Å². The van der Waals surface area contributed by atoms with E-state index in [2.05, 4.69) is 0 Å². The molecule has 0 bridgehead atoms. The van der Waals surface area contributed by atoms with Crippen molar-refractivity contribution < 1.29 is 18.1 Å². The van der Waals surface area contributed by atoms with E-state index in [1.165, 1.54) is 6.07 Å². The Bertz CT molecular complexity index is 898. The molecule has 0 amide bonds. The molecule has 5 heteroatoms. The largest absolute Gasteiger partial charge is 0.506 e. The SMILES string of the molecule is O=S(=O)(O)c1ccc2cc3ccccc3cc2c1O. The molecule has 0 heterocycles. The minimum atomic E-state index is -4.43. The standard InChI is InChI=1S/C14H10O4S/c15-14-12-8-10-4-2-1-3-9(10)7-11(12)5-6-13(14)19(16,17)18/h1-8,15H,(H,16,17,18). The van der Waals surface area contributed by atoms with Gasteiger partial charge < -0.3 is 5.11 Å². The van der Waals surface area contributed by atoms with Crippen molar-refractivity contribution in [3.05, 3.63) is 48.5 Å². The van der Waals surface area contributed by atoms with E-state index >= 15 is 0 Å². The minimum Gasteiger partial charge on any atom is -0.506 e. The number of fused-ring (bicyclic) bond motifs is 2. The molecule has 0 saturated carbocycles. The van der Waals surface area contributed by atoms with Gasteiger partial charge in [-0.25, -0.2) is 0 Å². The van der Waals surface area contributed by atoms with Gasteiger partial charge >= 0.3 is 0 Å². The zero-order valence-electron chi connectivity index (χ0n) is 9.74. The summed E-state index contributed by atoms with van der Waals surface area (Å²) in [4.78, 5) is -0.477. The summed E-state index contributed by atoms with van der Waals surface area (Å²) in [5, 5.41) is 13.0. The van der Waals surface area contributed by atoms with Crippen LogP contribution in [-0.2, 0) is 10.1 Å². The van der Waals surface area contributed by atoms with Crippen LogP contribution in [0.4, 0.5) is 0 Å². The lowest BCUT2D eigenvalue weighted by atomic mass is 10.0. The topological polar surface area (TPSA) is 74.6 Å². The van der Waals surface area contributed by atoms with E-state index in [1.54, 1.807) is 12.1 Å². The third-order valence-corrected chi connectivity index (χ3v) is 3.98. The van der Waals surface area contributed by atoms with Gasteiger partial charge in [-0.15, -0.1) is 0 Å². The van der Waals surface area contributed by atoms with Crippen LogP contribution in [-0.4, -0.2) is 18.1 Å². The molecule has 0 aromatic heterocycles. The molecule has 0 atom stereocenters. The van der Waals surface area contributed by atoms with Gasteiger partial charge in [0.2, 0.25) is 0 Å². The summed E-state index contributed by atoms with van der Waals surface area (Å²) >= 11 is 0. The van der Waals surface area contributed by atoms with Crippen molar-refractivity contribution in [2.24, 2.45) is 0 Å². The lowest BCUT2D eigenvalue weighted by Gasteiger charge is -2.07. The smallest absolute Gasteiger partial charge is 0.298 e. The summed E-state index contributed by atoms with van der Waals surface area (Å²) in [6.07, 6.45) is 0. The summed E-state index contributed by atoms with van der Waals surface area (Å²) in [7, 11) is -4.43. The second kappa shape index (κ2) is 3.94. The van der Waals surface area contributed by atoms with Gasteiger partial charge in [0.15, 0.2) is 0 Å². The van der Waals surface area contributed by atoms with E-state index < -0.39 is 20.8 Å². The van der Waals surface area contributed by atoms with Crippen LogP contribution in [0.15, 0.2) is 53.4 Å². The summed E-state index contributed by atoms with van der Waals surface area (Å²) in [5.41, 5.74) is 0. The first-order valence-corrected chi connectivity index (χ1v) is 7.03. The quantitative estimate of drug-likeness (QED) is 0.528. The summed E-state index contributed by atoms with van der Waals surface area (Å²) in [6.45, 7) is 0. The highest BCUT2D eigenvalue weighted by molar-refractivity contribution is 7.86. The number of phenolic OH excluding ortho intramolecular Hbond substituents is 1. The molecule has 0 fully saturated rings. The predicted octanol–water partition coefficient (Wildman–Crippen LogP) is 2.95. The molecule has 0 radical (unpaired) electrons. The van der Waals surface area contributed by atoms with E-state index in [-0.39, 0.29) is 0 Å². The van der Waals surface area contributed by atoms with E-state index in [9.17, 15) is 13.5 Å². The molecule has 0 saturated heterocycles. The molecule has 0 aliphatic carbocycles. The Balaban J connectivity index is 2.46. The third kappa shape index (κ3) is 1.93. The van der Waals surface area contributed by atoms with Gasteiger partial charge in [0.1, 0.15) is 10.6 Å². The summed E-state index contributed by atoms with van der Waals surface area (Å²) in [6, 6.07) is 13.9. The summed E-state index contributed by atoms with van der Waals surface area (Å²) in [5.74, 6) is -0.425. The molecule has 3 rings (SSSR count). The van der Waals surface area contributed by atoms with Crippen LogP contribution < -0.4 is 0 Å². The molecule has 2 N–H and O–H groups in total. The molecule has 0 aliphatic heterocycles. The van der Waals surface area contributed by atoms with Crippen molar-refractivity contribution in [3.8, 4) is 5.75 Å². The van der Waals surface area contributed by atoms with Crippen molar-refractivity contribution in [1.29, 1.82) is 0 Å². The fourth-order valence-electron chi connectivity index (χ4n) is 2.19. The van der Waals surface area contributed by atoms with E-state index in [0.717, 1.165) is 10.8 Å². The molecule has 0 spiro atoms. The molecule has 4 nitrogen and oxygen atoms in total. The van der Waals surface area contributed by atoms with Crippen molar-refractivity contribution in [2.45, 2.75) is 4.90 Å². The highest BCUT2D eigenvalue weighted by Gasteiger charge is 2.17. The molecule has 0 aliphatic rings. The van der Waals surface area contributed by atoms with Gasteiger partial charge in [0, 0.05) is 5.39 Å². The Morgan fingerprint density at radius 3 is 2.11 bits per heavy atom. The maximum absolute atomic E-state index is 11.2. The number of hydrogen-bond donors (Lipinski definition) is 2. The fraction of sp³-hybridized carbons (Fsp3) is 0. The van der Waals surface area contributed by atoms with Gasteiger partial charge in [-0.1, -0.05) is 30.3 Å². The first-order valence-electron chi connectivity index (χ1n) is 5.59. The first-order chi connectivity index (χ1) is 8.97. The third-order valence-electron chi connectivity index (χ3n) is 3.10. The predicted molar refractivity (Wildman–Crippen MR) is 72.9 cm³/mol. The Labute approximate surface area is 109 Å². The Morgan fingerprint density at radius 1 is 0.842 bits per heavy atom. The second-order valence-electron chi connectivity index (χ2n) is 4.31. The fourth-order valence-corrected chi connectivity index (χ4v) is 2.78. The molecular formula is C14H10O4S.